The fraction of sp³-hybridized carbons (Fsp3) is 0.385. The van der Waals surface area contributed by atoms with Crippen molar-refractivity contribution < 1.29 is 60.6 Å². The second-order valence-electron chi connectivity index (χ2n) is 10.2. The number of ether oxygens (including phenoxy) is 1. The zero-order valence-corrected chi connectivity index (χ0v) is 23.6. The topological polar surface area (TPSA) is 117 Å². The molecule has 2 amide bonds. The Labute approximate surface area is 248 Å². The van der Waals surface area contributed by atoms with E-state index >= 15 is 0 Å². The van der Waals surface area contributed by atoms with Gasteiger partial charge in [-0.25, -0.2) is 4.90 Å². The maximum Gasteiger partial charge on any atom is 0.487 e. The lowest BCUT2D eigenvalue weighted by molar-refractivity contribution is -0.143. The molecule has 2 saturated heterocycles. The number of anilines is 1. The summed E-state index contributed by atoms with van der Waals surface area (Å²) >= 11 is 1.85. The van der Waals surface area contributed by atoms with E-state index in [0.29, 0.717) is 26.2 Å². The Morgan fingerprint density at radius 3 is 2.19 bits per heavy atom. The molecule has 8 nitrogen and oxygen atoms in total. The number of allylic oxidation sites excluding steroid dienone is 1. The Bertz CT molecular complexity index is 1460. The van der Waals surface area contributed by atoms with E-state index in [0.717, 1.165) is 0 Å². The van der Waals surface area contributed by atoms with Gasteiger partial charge in [0.2, 0.25) is 11.8 Å². The third-order valence-corrected chi connectivity index (χ3v) is 8.70. The summed E-state index contributed by atoms with van der Waals surface area (Å²) in [4.78, 5) is 27.6. The van der Waals surface area contributed by atoms with E-state index < -0.39 is 78.6 Å². The molecule has 0 saturated carbocycles. The summed E-state index contributed by atoms with van der Waals surface area (Å²) in [6, 6.07) is 3.53. The lowest BCUT2D eigenvalue weighted by Crippen LogP contribution is -2.45. The van der Waals surface area contributed by atoms with Gasteiger partial charge in [0.25, 0.3) is 0 Å². The maximum absolute atomic E-state index is 13.8. The minimum absolute atomic E-state index is 0.0374. The monoisotopic (exact) mass is 711 g/mol. The Kier molecular flexibility index (Phi) is 7.81. The van der Waals surface area contributed by atoms with E-state index in [-0.39, 0.29) is 41.5 Å². The molecule has 0 unspecified atom stereocenters. The fourth-order valence-corrected chi connectivity index (χ4v) is 6.65. The smallest absolute Gasteiger partial charge is 0.487 e. The highest BCUT2D eigenvalue weighted by Crippen LogP contribution is 2.53. The van der Waals surface area contributed by atoms with Gasteiger partial charge in [-0.3, -0.25) is 9.59 Å². The maximum atomic E-state index is 13.8. The first-order valence-electron chi connectivity index (χ1n) is 12.5. The highest BCUT2D eigenvalue weighted by molar-refractivity contribution is 14.1. The molecule has 5 rings (SSSR count). The van der Waals surface area contributed by atoms with Gasteiger partial charge in [0.1, 0.15) is 0 Å². The predicted molar refractivity (Wildman–Crippen MR) is 142 cm³/mol. The van der Waals surface area contributed by atoms with Crippen molar-refractivity contribution in [2.24, 2.45) is 17.8 Å². The summed E-state index contributed by atoms with van der Waals surface area (Å²) in [5.74, 6) is -5.51. The van der Waals surface area contributed by atoms with Gasteiger partial charge in [0.05, 0.1) is 52.0 Å². The van der Waals surface area contributed by atoms with Crippen molar-refractivity contribution in [1.29, 1.82) is 0 Å². The number of phenolic OH excluding ortho intramolecular Hbond substituents is 1. The second-order valence-corrected chi connectivity index (χ2v) is 11.4. The van der Waals surface area contributed by atoms with Crippen molar-refractivity contribution >= 4 is 47.2 Å². The number of phenols is 1. The summed E-state index contributed by atoms with van der Waals surface area (Å²) in [6.07, 6.45) is -11.6. The molecule has 42 heavy (non-hydrogen) atoms. The van der Waals surface area contributed by atoms with Gasteiger partial charge >= 0.3 is 19.5 Å². The van der Waals surface area contributed by atoms with Crippen LogP contribution in [0.3, 0.4) is 0 Å². The van der Waals surface area contributed by atoms with Gasteiger partial charge in [-0.05, 0) is 88.3 Å². The zero-order valence-electron chi connectivity index (χ0n) is 21.5. The Hall–Kier alpha value is -2.83. The van der Waals surface area contributed by atoms with Crippen LogP contribution in [0, 0.1) is 21.3 Å². The van der Waals surface area contributed by atoms with Gasteiger partial charge in [-0.1, -0.05) is 0 Å². The minimum Gasteiger partial charge on any atom is -0.504 e. The number of carbonyl (C=O) groups excluding carboxylic acids is 2. The van der Waals surface area contributed by atoms with Crippen LogP contribution in [0.1, 0.15) is 35.6 Å². The molecule has 3 aliphatic rings. The first kappa shape index (κ1) is 30.6. The van der Waals surface area contributed by atoms with Crippen LogP contribution in [-0.2, 0) is 26.6 Å². The number of benzene rings is 2. The number of nitrogens with zero attached hydrogens (tertiary/aromatic N) is 1. The lowest BCUT2D eigenvalue weighted by atomic mass is 9.55. The number of alkyl halides is 6. The number of rotatable bonds is 4. The fourth-order valence-electron chi connectivity index (χ4n) is 6.03. The van der Waals surface area contributed by atoms with Crippen LogP contribution in [0.15, 0.2) is 41.4 Å². The number of fused-ring (bicyclic) bond motifs is 3. The van der Waals surface area contributed by atoms with E-state index in [4.69, 9.17) is 9.39 Å². The largest absolute Gasteiger partial charge is 0.504 e. The molecule has 4 atom stereocenters. The highest BCUT2D eigenvalue weighted by Gasteiger charge is 2.58. The molecule has 2 heterocycles. The Morgan fingerprint density at radius 1 is 1.02 bits per heavy atom. The van der Waals surface area contributed by atoms with Crippen molar-refractivity contribution in [3.63, 3.8) is 0 Å². The quantitative estimate of drug-likeness (QED) is 0.183. The van der Waals surface area contributed by atoms with E-state index in [1.165, 1.54) is 13.2 Å². The van der Waals surface area contributed by atoms with Crippen LogP contribution in [-0.4, -0.2) is 47.9 Å². The first-order valence-corrected chi connectivity index (χ1v) is 13.5. The number of aliphatic hydroxyl groups excluding tert-OH is 1. The average Bonchev–Trinajstić information content (AvgIpc) is 3.17. The molecule has 3 N–H and O–H groups in total. The molecule has 0 bridgehead atoms. The van der Waals surface area contributed by atoms with Gasteiger partial charge in [-0.15, -0.1) is 0 Å². The van der Waals surface area contributed by atoms with Gasteiger partial charge in [0, 0.05) is 0 Å². The SMILES string of the molecule is COc1cc([C@@H]2C[C@@H]3C(=C(CO)C[C@@H]4C(=O)N(c5cc(C(F)(F)F)cc(C(F)(F)F)c5)C(=O)[C@@H]43)B(O)O2)cc(I)c1O. The molecule has 2 aromatic carbocycles. The summed E-state index contributed by atoms with van der Waals surface area (Å²) in [5.41, 5.74) is -3.49. The van der Waals surface area contributed by atoms with Crippen LogP contribution < -0.4 is 9.64 Å². The normalized spacial score (nSPS) is 24.7. The van der Waals surface area contributed by atoms with E-state index in [2.05, 4.69) is 0 Å². The molecule has 2 aromatic rings. The highest BCUT2D eigenvalue weighted by atomic mass is 127. The molecule has 0 aromatic heterocycles. The van der Waals surface area contributed by atoms with Crippen LogP contribution >= 0.6 is 22.6 Å². The summed E-state index contributed by atoms with van der Waals surface area (Å²) in [6.45, 7) is -0.631. The number of carbonyl (C=O) groups is 2. The zero-order chi connectivity index (χ0) is 30.9. The van der Waals surface area contributed by atoms with Crippen molar-refractivity contribution in [2.45, 2.75) is 31.3 Å². The van der Waals surface area contributed by atoms with E-state index in [1.807, 2.05) is 22.6 Å². The first-order chi connectivity index (χ1) is 19.6. The molecule has 224 valence electrons. The summed E-state index contributed by atoms with van der Waals surface area (Å²) in [5, 5.41) is 31.2. The number of halogens is 7. The summed E-state index contributed by atoms with van der Waals surface area (Å²) in [7, 11) is -0.322. The van der Waals surface area contributed by atoms with Crippen LogP contribution in [0.5, 0.6) is 11.5 Å². The number of amides is 2. The second kappa shape index (κ2) is 10.7. The molecule has 0 spiro atoms. The molecule has 2 aliphatic heterocycles. The van der Waals surface area contributed by atoms with Gasteiger partial charge in [-0.2, -0.15) is 26.3 Å². The van der Waals surface area contributed by atoms with Crippen LogP contribution in [0.4, 0.5) is 32.0 Å². The molecular formula is C26H21BF6INO7. The molecule has 1 aliphatic carbocycles. The lowest BCUT2D eigenvalue weighted by Gasteiger charge is -2.42. The number of imide groups is 1. The molecule has 0 radical (unpaired) electrons. The minimum atomic E-state index is -5.20. The molecule has 2 fully saturated rings. The predicted octanol–water partition coefficient (Wildman–Crippen LogP) is 4.64. The van der Waals surface area contributed by atoms with Gasteiger partial charge < -0.3 is 24.6 Å². The van der Waals surface area contributed by atoms with Crippen LogP contribution in [0.25, 0.3) is 0 Å². The van der Waals surface area contributed by atoms with Gasteiger partial charge in [0.15, 0.2) is 11.5 Å². The summed E-state index contributed by atoms with van der Waals surface area (Å²) < 4.78 is 92.5. The van der Waals surface area contributed by atoms with Crippen LogP contribution in [0.2, 0.25) is 0 Å². The number of aromatic hydroxyl groups is 1. The van der Waals surface area contributed by atoms with Crippen molar-refractivity contribution in [1.82, 2.24) is 0 Å². The molecular weight excluding hydrogens is 690 g/mol. The Morgan fingerprint density at radius 2 is 1.64 bits per heavy atom. The Balaban J connectivity index is 1.58. The number of methoxy groups -OCH3 is 1. The van der Waals surface area contributed by atoms with Crippen molar-refractivity contribution in [3.05, 3.63) is 61.6 Å². The third-order valence-electron chi connectivity index (χ3n) is 7.88. The molecule has 16 heteroatoms. The number of hydrogen-bond acceptors (Lipinski definition) is 7. The standard InChI is InChI=1S/C26H21BF6INO7/c1-41-19-4-10(3-17(34)22(19)37)18-8-15-20-16(2-11(9-36)21(15)27(40)42-18)23(38)35(24(20)39)14-6-12(25(28,29)30)5-13(7-14)26(31,32)33/h3-7,15-16,18,20,36-37,40H,2,8-9H2,1H3/t15-,16-,18-,20+/m0/s1. The van der Waals surface area contributed by atoms with E-state index in [1.54, 1.807) is 6.07 Å². The number of hydrogen-bond donors (Lipinski definition) is 3. The van der Waals surface area contributed by atoms with Crippen molar-refractivity contribution in [2.75, 3.05) is 18.6 Å². The third kappa shape index (κ3) is 5.15. The van der Waals surface area contributed by atoms with E-state index in [9.17, 15) is 51.2 Å². The van der Waals surface area contributed by atoms with Crippen molar-refractivity contribution in [3.8, 4) is 11.5 Å². The average molecular weight is 711 g/mol. The number of aliphatic hydroxyl groups is 1.